The van der Waals surface area contributed by atoms with Crippen LogP contribution < -0.4 is 5.32 Å². The van der Waals surface area contributed by atoms with Gasteiger partial charge in [0.25, 0.3) is 5.91 Å². The molecule has 0 radical (unpaired) electrons. The molecular weight excluding hydrogens is 332 g/mol. The van der Waals surface area contributed by atoms with Crippen LogP contribution in [-0.4, -0.2) is 53.4 Å². The van der Waals surface area contributed by atoms with Crippen molar-refractivity contribution in [3.8, 4) is 0 Å². The van der Waals surface area contributed by atoms with Crippen LogP contribution in [0.5, 0.6) is 0 Å². The summed E-state index contributed by atoms with van der Waals surface area (Å²) in [6, 6.07) is 1.80. The molecule has 1 amide bonds. The summed E-state index contributed by atoms with van der Waals surface area (Å²) in [6.45, 7) is 2.47. The molecule has 3 aromatic heterocycles. The molecule has 26 heavy (non-hydrogen) atoms. The number of aryl methyl sites for hydroxylation is 1. The van der Waals surface area contributed by atoms with Crippen LogP contribution in [-0.2, 0) is 23.9 Å². The van der Waals surface area contributed by atoms with Crippen LogP contribution in [0.3, 0.4) is 0 Å². The lowest BCUT2D eigenvalue weighted by Gasteiger charge is -2.41. The third-order valence-electron chi connectivity index (χ3n) is 5.02. The van der Waals surface area contributed by atoms with E-state index >= 15 is 0 Å². The first-order valence-electron chi connectivity index (χ1n) is 8.65. The van der Waals surface area contributed by atoms with E-state index in [0.29, 0.717) is 18.7 Å². The summed E-state index contributed by atoms with van der Waals surface area (Å²) in [5, 5.41) is 14.1. The monoisotopic (exact) mass is 354 g/mol. The van der Waals surface area contributed by atoms with Crippen LogP contribution in [0.2, 0.25) is 0 Å². The molecule has 9 nitrogen and oxygen atoms in total. The minimum absolute atomic E-state index is 0.0443. The number of aromatic nitrogens is 6. The zero-order valence-corrected chi connectivity index (χ0v) is 14.7. The Morgan fingerprint density at radius 3 is 2.81 bits per heavy atom. The molecule has 0 aromatic carbocycles. The summed E-state index contributed by atoms with van der Waals surface area (Å²) in [6.07, 6.45) is 12.3. The van der Waals surface area contributed by atoms with Crippen LogP contribution in [0.1, 0.15) is 18.4 Å². The summed E-state index contributed by atoms with van der Waals surface area (Å²) in [7, 11) is 1.83. The number of anilines is 1. The standard InChI is InChI=1S/C17H22N8O/c1-23-6-2-15(22-23)21-16(26)17(25-9-5-18-13-25)3-7-24(8-4-17)12-14-10-19-20-11-14/h2,5-6,9-11,13H,3-4,7-8,12H2,1H3,(H,19,20)(H,21,22,26). The van der Waals surface area contributed by atoms with Gasteiger partial charge in [-0.15, -0.1) is 0 Å². The summed E-state index contributed by atoms with van der Waals surface area (Å²) < 4.78 is 3.60. The van der Waals surface area contributed by atoms with E-state index in [4.69, 9.17) is 0 Å². The van der Waals surface area contributed by atoms with Gasteiger partial charge in [0.1, 0.15) is 5.54 Å². The summed E-state index contributed by atoms with van der Waals surface area (Å²) >= 11 is 0. The fourth-order valence-electron chi connectivity index (χ4n) is 3.53. The maximum absolute atomic E-state index is 13.2. The van der Waals surface area contributed by atoms with Crippen LogP contribution in [0.25, 0.3) is 0 Å². The lowest BCUT2D eigenvalue weighted by Crippen LogP contribution is -2.52. The lowest BCUT2D eigenvalue weighted by atomic mass is 9.86. The van der Waals surface area contributed by atoms with Gasteiger partial charge < -0.3 is 9.88 Å². The largest absolute Gasteiger partial charge is 0.322 e. The third-order valence-corrected chi connectivity index (χ3v) is 5.02. The molecule has 0 spiro atoms. The Bertz CT molecular complexity index is 843. The molecule has 136 valence electrons. The smallest absolute Gasteiger partial charge is 0.251 e. The first-order valence-corrected chi connectivity index (χ1v) is 8.65. The first kappa shape index (κ1) is 16.5. The molecule has 3 aromatic rings. The SMILES string of the molecule is Cn1ccc(NC(=O)C2(n3ccnc3)CCN(Cc3cn[nH]c3)CC2)n1. The molecule has 1 aliphatic heterocycles. The average molecular weight is 354 g/mol. The second-order valence-corrected chi connectivity index (χ2v) is 6.71. The van der Waals surface area contributed by atoms with Crippen molar-refractivity contribution in [3.05, 3.63) is 48.9 Å². The lowest BCUT2D eigenvalue weighted by molar-refractivity contribution is -0.127. The van der Waals surface area contributed by atoms with E-state index in [-0.39, 0.29) is 5.91 Å². The maximum Gasteiger partial charge on any atom is 0.251 e. The number of rotatable bonds is 5. The van der Waals surface area contributed by atoms with Crippen molar-refractivity contribution in [2.24, 2.45) is 7.05 Å². The fourth-order valence-corrected chi connectivity index (χ4v) is 3.53. The van der Waals surface area contributed by atoms with E-state index in [1.807, 2.05) is 36.4 Å². The van der Waals surface area contributed by atoms with Gasteiger partial charge in [-0.05, 0) is 12.8 Å². The van der Waals surface area contributed by atoms with Gasteiger partial charge in [-0.1, -0.05) is 0 Å². The predicted octanol–water partition coefficient (Wildman–Crippen LogP) is 0.970. The Balaban J connectivity index is 1.51. The van der Waals surface area contributed by atoms with Crippen molar-refractivity contribution in [2.75, 3.05) is 18.4 Å². The molecular formula is C17H22N8O. The Hall–Kier alpha value is -2.94. The number of piperidine rings is 1. The third kappa shape index (κ3) is 3.13. The van der Waals surface area contributed by atoms with Crippen LogP contribution >= 0.6 is 0 Å². The predicted molar refractivity (Wildman–Crippen MR) is 95.1 cm³/mol. The molecule has 2 N–H and O–H groups in total. The normalized spacial score (nSPS) is 17.3. The number of likely N-dealkylation sites (tertiary alicyclic amines) is 1. The maximum atomic E-state index is 13.2. The Morgan fingerprint density at radius 2 is 2.19 bits per heavy atom. The van der Waals surface area contributed by atoms with Gasteiger partial charge >= 0.3 is 0 Å². The molecule has 9 heteroatoms. The highest BCUT2D eigenvalue weighted by Gasteiger charge is 2.43. The van der Waals surface area contributed by atoms with Gasteiger partial charge in [0.2, 0.25) is 0 Å². The minimum Gasteiger partial charge on any atom is -0.322 e. The highest BCUT2D eigenvalue weighted by molar-refractivity contribution is 5.96. The number of nitrogens with one attached hydrogen (secondary N) is 2. The number of amides is 1. The quantitative estimate of drug-likeness (QED) is 0.712. The molecule has 0 bridgehead atoms. The average Bonchev–Trinajstić information content (AvgIpc) is 3.39. The number of carbonyl (C=O) groups excluding carboxylic acids is 1. The number of imidazole rings is 1. The van der Waals surface area contributed by atoms with Crippen LogP contribution in [0.4, 0.5) is 5.82 Å². The number of hydrogen-bond acceptors (Lipinski definition) is 5. The summed E-state index contributed by atoms with van der Waals surface area (Å²) in [5.41, 5.74) is 0.499. The molecule has 0 atom stereocenters. The molecule has 0 saturated carbocycles. The summed E-state index contributed by atoms with van der Waals surface area (Å²) in [4.78, 5) is 19.7. The minimum atomic E-state index is -0.652. The topological polar surface area (TPSA) is 96.7 Å². The van der Waals surface area contributed by atoms with Crippen molar-refractivity contribution in [3.63, 3.8) is 0 Å². The first-order chi connectivity index (χ1) is 12.7. The van der Waals surface area contributed by atoms with E-state index in [9.17, 15) is 4.79 Å². The summed E-state index contributed by atoms with van der Waals surface area (Å²) in [5.74, 6) is 0.523. The van der Waals surface area contributed by atoms with Gasteiger partial charge in [0, 0.05) is 63.1 Å². The van der Waals surface area contributed by atoms with E-state index in [1.54, 1.807) is 23.3 Å². The van der Waals surface area contributed by atoms with Crippen molar-refractivity contribution in [2.45, 2.75) is 24.9 Å². The van der Waals surface area contributed by atoms with Gasteiger partial charge in [0.15, 0.2) is 5.82 Å². The van der Waals surface area contributed by atoms with Crippen molar-refractivity contribution < 1.29 is 4.79 Å². The molecule has 1 aliphatic rings. The number of nitrogens with zero attached hydrogens (tertiary/aromatic N) is 6. The van der Waals surface area contributed by atoms with Crippen LogP contribution in [0, 0.1) is 0 Å². The van der Waals surface area contributed by atoms with Gasteiger partial charge in [0.05, 0.1) is 12.5 Å². The molecule has 4 heterocycles. The molecule has 0 aliphatic carbocycles. The van der Waals surface area contributed by atoms with Gasteiger partial charge in [-0.2, -0.15) is 10.2 Å². The molecule has 0 unspecified atom stereocenters. The number of carbonyl (C=O) groups is 1. The zero-order valence-electron chi connectivity index (χ0n) is 14.7. The van der Waals surface area contributed by atoms with Crippen molar-refractivity contribution in [1.29, 1.82) is 0 Å². The van der Waals surface area contributed by atoms with Gasteiger partial charge in [-0.25, -0.2) is 4.98 Å². The molecule has 4 rings (SSSR count). The molecule has 1 saturated heterocycles. The highest BCUT2D eigenvalue weighted by Crippen LogP contribution is 2.32. The van der Waals surface area contributed by atoms with Crippen molar-refractivity contribution >= 4 is 11.7 Å². The molecule has 1 fully saturated rings. The van der Waals surface area contributed by atoms with Gasteiger partial charge in [-0.3, -0.25) is 19.5 Å². The van der Waals surface area contributed by atoms with E-state index in [1.165, 1.54) is 0 Å². The zero-order chi connectivity index (χ0) is 18.0. The highest BCUT2D eigenvalue weighted by atomic mass is 16.2. The number of aromatic amines is 1. The van der Waals surface area contributed by atoms with E-state index in [0.717, 1.165) is 25.2 Å². The Labute approximate surface area is 151 Å². The van der Waals surface area contributed by atoms with E-state index in [2.05, 4.69) is 30.5 Å². The fraction of sp³-hybridized carbons (Fsp3) is 0.412. The van der Waals surface area contributed by atoms with E-state index < -0.39 is 5.54 Å². The Morgan fingerprint density at radius 1 is 1.35 bits per heavy atom. The number of hydrogen-bond donors (Lipinski definition) is 2. The second-order valence-electron chi connectivity index (χ2n) is 6.71. The Kier molecular flexibility index (Phi) is 4.29. The van der Waals surface area contributed by atoms with Crippen LogP contribution in [0.15, 0.2) is 43.4 Å². The second kappa shape index (κ2) is 6.75. The van der Waals surface area contributed by atoms with Crippen molar-refractivity contribution in [1.82, 2.24) is 34.4 Å². The number of H-pyrrole nitrogens is 1.